The molecule has 1 aliphatic heterocycles. The summed E-state index contributed by atoms with van der Waals surface area (Å²) < 4.78 is 5.09. The van der Waals surface area contributed by atoms with Crippen molar-refractivity contribution in [3.05, 3.63) is 53.1 Å². The minimum absolute atomic E-state index is 0.198. The molecule has 1 saturated heterocycles. The van der Waals surface area contributed by atoms with Gasteiger partial charge in [0.25, 0.3) is 0 Å². The number of methoxy groups -OCH3 is 1. The summed E-state index contributed by atoms with van der Waals surface area (Å²) in [7, 11) is 1.58. The average Bonchev–Trinajstić information content (AvgIpc) is 2.99. The van der Waals surface area contributed by atoms with Gasteiger partial charge in [0.15, 0.2) is 0 Å². The van der Waals surface area contributed by atoms with E-state index in [-0.39, 0.29) is 11.8 Å². The molecule has 0 spiro atoms. The first-order valence-corrected chi connectivity index (χ1v) is 8.40. The number of nitrogens with one attached hydrogen (secondary N) is 1. The number of amides is 2. The van der Waals surface area contributed by atoms with Crippen LogP contribution in [0, 0.1) is 12.8 Å². The third-order valence-corrected chi connectivity index (χ3v) is 4.58. The molecule has 1 unspecified atom stereocenters. The summed E-state index contributed by atoms with van der Waals surface area (Å²) in [6, 6.07) is 12.4. The summed E-state index contributed by atoms with van der Waals surface area (Å²) in [4.78, 5) is 26.8. The first-order chi connectivity index (χ1) is 12.0. The van der Waals surface area contributed by atoms with Crippen molar-refractivity contribution in [1.29, 1.82) is 0 Å². The Balaban J connectivity index is 1.72. The van der Waals surface area contributed by atoms with Crippen molar-refractivity contribution >= 4 is 34.8 Å². The van der Waals surface area contributed by atoms with Gasteiger partial charge >= 0.3 is 0 Å². The van der Waals surface area contributed by atoms with Gasteiger partial charge in [-0.05, 0) is 55.3 Å². The van der Waals surface area contributed by atoms with Crippen molar-refractivity contribution in [3.8, 4) is 5.75 Å². The molecule has 25 heavy (non-hydrogen) atoms. The third kappa shape index (κ3) is 3.61. The lowest BCUT2D eigenvalue weighted by molar-refractivity contribution is -0.129. The molecule has 0 bridgehead atoms. The SMILES string of the molecule is COc1ccc(NC(=O)C2CCN(c3cc(Cl)ccc3C)C2=O)cc1. The zero-order valence-corrected chi connectivity index (χ0v) is 14.8. The number of benzene rings is 2. The maximum absolute atomic E-state index is 12.7. The maximum Gasteiger partial charge on any atom is 0.239 e. The Bertz CT molecular complexity index is 805. The minimum Gasteiger partial charge on any atom is -0.497 e. The zero-order chi connectivity index (χ0) is 18.0. The monoisotopic (exact) mass is 358 g/mol. The van der Waals surface area contributed by atoms with E-state index in [1.165, 1.54) is 0 Å². The highest BCUT2D eigenvalue weighted by Crippen LogP contribution is 2.31. The normalized spacial score (nSPS) is 16.8. The van der Waals surface area contributed by atoms with Gasteiger partial charge in [-0.3, -0.25) is 9.59 Å². The number of ether oxygens (including phenoxy) is 1. The van der Waals surface area contributed by atoms with Crippen molar-refractivity contribution in [3.63, 3.8) is 0 Å². The van der Waals surface area contributed by atoms with Gasteiger partial charge in [0, 0.05) is 22.9 Å². The lowest BCUT2D eigenvalue weighted by atomic mass is 10.1. The topological polar surface area (TPSA) is 58.6 Å². The zero-order valence-electron chi connectivity index (χ0n) is 14.1. The first-order valence-electron chi connectivity index (χ1n) is 8.02. The minimum atomic E-state index is -0.694. The van der Waals surface area contributed by atoms with Crippen LogP contribution < -0.4 is 15.0 Å². The Kier molecular flexibility index (Phi) is 4.95. The number of carbonyl (C=O) groups excluding carboxylic acids is 2. The van der Waals surface area contributed by atoms with Crippen LogP contribution in [0.4, 0.5) is 11.4 Å². The number of anilines is 2. The number of rotatable bonds is 4. The van der Waals surface area contributed by atoms with Crippen molar-refractivity contribution in [1.82, 2.24) is 0 Å². The van der Waals surface area contributed by atoms with Gasteiger partial charge in [-0.2, -0.15) is 0 Å². The van der Waals surface area contributed by atoms with E-state index < -0.39 is 5.92 Å². The van der Waals surface area contributed by atoms with Crippen molar-refractivity contribution in [2.24, 2.45) is 5.92 Å². The van der Waals surface area contributed by atoms with Crippen LogP contribution in [0.3, 0.4) is 0 Å². The van der Waals surface area contributed by atoms with Gasteiger partial charge in [0.05, 0.1) is 7.11 Å². The van der Waals surface area contributed by atoms with Crippen LogP contribution in [0.2, 0.25) is 5.02 Å². The molecule has 0 aliphatic carbocycles. The molecule has 1 N–H and O–H groups in total. The van der Waals surface area contributed by atoms with E-state index in [1.54, 1.807) is 48.4 Å². The summed E-state index contributed by atoms with van der Waals surface area (Å²) in [6.07, 6.45) is 0.479. The standard InChI is InChI=1S/C19H19ClN2O3/c1-12-3-4-13(20)11-17(12)22-10-9-16(19(22)24)18(23)21-14-5-7-15(25-2)8-6-14/h3-8,11,16H,9-10H2,1-2H3,(H,21,23). The molecule has 0 radical (unpaired) electrons. The quantitative estimate of drug-likeness (QED) is 0.849. The molecule has 1 fully saturated rings. The Labute approximate surface area is 151 Å². The van der Waals surface area contributed by atoms with Gasteiger partial charge in [-0.1, -0.05) is 17.7 Å². The Morgan fingerprint density at radius 3 is 2.64 bits per heavy atom. The fourth-order valence-corrected chi connectivity index (χ4v) is 3.11. The molecule has 5 nitrogen and oxygen atoms in total. The lowest BCUT2D eigenvalue weighted by Crippen LogP contribution is -2.33. The number of hydrogen-bond acceptors (Lipinski definition) is 3. The summed E-state index contributed by atoms with van der Waals surface area (Å²) in [5, 5.41) is 3.36. The predicted molar refractivity (Wildman–Crippen MR) is 98.3 cm³/mol. The second-order valence-corrected chi connectivity index (χ2v) is 6.42. The van der Waals surface area contributed by atoms with Crippen LogP contribution in [0.25, 0.3) is 0 Å². The maximum atomic E-state index is 12.7. The van der Waals surface area contributed by atoms with E-state index in [0.717, 1.165) is 11.3 Å². The molecular weight excluding hydrogens is 340 g/mol. The Morgan fingerprint density at radius 2 is 1.96 bits per heavy atom. The molecule has 2 aromatic rings. The van der Waals surface area contributed by atoms with E-state index >= 15 is 0 Å². The number of hydrogen-bond donors (Lipinski definition) is 1. The predicted octanol–water partition coefficient (Wildman–Crippen LogP) is 3.65. The van der Waals surface area contributed by atoms with E-state index in [4.69, 9.17) is 16.3 Å². The van der Waals surface area contributed by atoms with Crippen LogP contribution in [0.1, 0.15) is 12.0 Å². The number of halogens is 1. The molecular formula is C19H19ClN2O3. The molecule has 6 heteroatoms. The third-order valence-electron chi connectivity index (χ3n) is 4.34. The number of nitrogens with zero attached hydrogens (tertiary/aromatic N) is 1. The van der Waals surface area contributed by atoms with Crippen molar-refractivity contribution in [2.75, 3.05) is 23.9 Å². The molecule has 2 amide bonds. The first kappa shape index (κ1) is 17.3. The molecule has 130 valence electrons. The number of carbonyl (C=O) groups is 2. The van der Waals surface area contributed by atoms with E-state index in [9.17, 15) is 9.59 Å². The second kappa shape index (κ2) is 7.15. The van der Waals surface area contributed by atoms with Crippen LogP contribution in [-0.2, 0) is 9.59 Å². The highest BCUT2D eigenvalue weighted by atomic mass is 35.5. The molecule has 0 aromatic heterocycles. The van der Waals surface area contributed by atoms with Crippen LogP contribution in [0.5, 0.6) is 5.75 Å². The fourth-order valence-electron chi connectivity index (χ4n) is 2.94. The van der Waals surface area contributed by atoms with E-state index in [0.29, 0.717) is 29.4 Å². The van der Waals surface area contributed by atoms with Gasteiger partial charge in [0.2, 0.25) is 11.8 Å². The second-order valence-electron chi connectivity index (χ2n) is 5.98. The van der Waals surface area contributed by atoms with Crippen LogP contribution in [0.15, 0.2) is 42.5 Å². The fraction of sp³-hybridized carbons (Fsp3) is 0.263. The largest absolute Gasteiger partial charge is 0.497 e. The van der Waals surface area contributed by atoms with Crippen molar-refractivity contribution < 1.29 is 14.3 Å². The van der Waals surface area contributed by atoms with Crippen LogP contribution in [-0.4, -0.2) is 25.5 Å². The van der Waals surface area contributed by atoms with Crippen molar-refractivity contribution in [2.45, 2.75) is 13.3 Å². The molecule has 1 atom stereocenters. The Morgan fingerprint density at radius 1 is 1.24 bits per heavy atom. The summed E-state index contributed by atoms with van der Waals surface area (Å²) >= 11 is 6.05. The smallest absolute Gasteiger partial charge is 0.239 e. The van der Waals surface area contributed by atoms with Gasteiger partial charge < -0.3 is 15.0 Å². The van der Waals surface area contributed by atoms with Gasteiger partial charge in [-0.25, -0.2) is 0 Å². The molecule has 1 heterocycles. The lowest BCUT2D eigenvalue weighted by Gasteiger charge is -2.19. The van der Waals surface area contributed by atoms with E-state index in [1.807, 2.05) is 13.0 Å². The number of aryl methyl sites for hydroxylation is 1. The summed E-state index contributed by atoms with van der Waals surface area (Å²) in [5.41, 5.74) is 2.35. The van der Waals surface area contributed by atoms with Gasteiger partial charge in [-0.15, -0.1) is 0 Å². The van der Waals surface area contributed by atoms with Gasteiger partial charge in [0.1, 0.15) is 11.7 Å². The average molecular weight is 359 g/mol. The Hall–Kier alpha value is -2.53. The van der Waals surface area contributed by atoms with Crippen LogP contribution >= 0.6 is 11.6 Å². The van der Waals surface area contributed by atoms with E-state index in [2.05, 4.69) is 5.32 Å². The summed E-state index contributed by atoms with van der Waals surface area (Å²) in [6.45, 7) is 2.42. The molecule has 3 rings (SSSR count). The summed E-state index contributed by atoms with van der Waals surface area (Å²) in [5.74, 6) is -0.480. The molecule has 2 aromatic carbocycles. The molecule has 0 saturated carbocycles. The highest BCUT2D eigenvalue weighted by molar-refractivity contribution is 6.31. The molecule has 1 aliphatic rings. The highest BCUT2D eigenvalue weighted by Gasteiger charge is 2.38.